The number of aromatic nitrogens is 2. The lowest BCUT2D eigenvalue weighted by molar-refractivity contribution is -0.133. The van der Waals surface area contributed by atoms with Crippen LogP contribution in [0.5, 0.6) is 11.5 Å². The largest absolute Gasteiger partial charge is 0.493 e. The third-order valence-electron chi connectivity index (χ3n) is 5.87. The van der Waals surface area contributed by atoms with Crippen molar-refractivity contribution in [3.63, 3.8) is 0 Å². The number of hydrogen-bond donors (Lipinski definition) is 0. The Morgan fingerprint density at radius 2 is 2.00 bits per heavy atom. The lowest BCUT2D eigenvalue weighted by Gasteiger charge is -2.24. The van der Waals surface area contributed by atoms with Gasteiger partial charge in [-0.05, 0) is 57.4 Å². The minimum atomic E-state index is -2.93. The van der Waals surface area contributed by atoms with Gasteiger partial charge in [-0.1, -0.05) is 6.07 Å². The molecule has 1 amide bonds. The van der Waals surface area contributed by atoms with Gasteiger partial charge >= 0.3 is 6.61 Å². The number of hydrogen-bond acceptors (Lipinski definition) is 5. The predicted octanol–water partition coefficient (Wildman–Crippen LogP) is 5.34. The van der Waals surface area contributed by atoms with Crippen LogP contribution in [0.1, 0.15) is 34.8 Å². The van der Waals surface area contributed by atoms with Crippen molar-refractivity contribution in [2.75, 3.05) is 7.11 Å². The van der Waals surface area contributed by atoms with Crippen molar-refractivity contribution < 1.29 is 23.0 Å². The molecule has 1 aliphatic carbocycles. The quantitative estimate of drug-likeness (QED) is 0.419. The first-order chi connectivity index (χ1) is 15.8. The van der Waals surface area contributed by atoms with Crippen molar-refractivity contribution in [3.05, 3.63) is 51.6 Å². The molecule has 0 saturated heterocycles. The Hall–Kier alpha value is -2.94. The summed E-state index contributed by atoms with van der Waals surface area (Å²) < 4.78 is 37.0. The Kier molecular flexibility index (Phi) is 6.69. The topological polar surface area (TPSA) is 56.6 Å². The summed E-state index contributed by atoms with van der Waals surface area (Å²) in [6.07, 6.45) is 1.92. The second-order valence-corrected chi connectivity index (χ2v) is 9.30. The first-order valence-electron chi connectivity index (χ1n) is 10.8. The smallest absolute Gasteiger partial charge is 0.387 e. The molecule has 1 fully saturated rings. The van der Waals surface area contributed by atoms with Crippen LogP contribution in [0, 0.1) is 20.8 Å². The third kappa shape index (κ3) is 5.19. The maximum atomic E-state index is 13.4. The molecule has 4 rings (SSSR count). The van der Waals surface area contributed by atoms with Crippen molar-refractivity contribution in [3.8, 4) is 22.8 Å². The fourth-order valence-electron chi connectivity index (χ4n) is 4.02. The molecule has 9 heteroatoms. The van der Waals surface area contributed by atoms with Gasteiger partial charge in [-0.3, -0.25) is 4.79 Å². The molecule has 1 aliphatic rings. The van der Waals surface area contributed by atoms with E-state index in [2.05, 4.69) is 15.8 Å². The Balaban J connectivity index is 1.53. The van der Waals surface area contributed by atoms with E-state index >= 15 is 0 Å². The van der Waals surface area contributed by atoms with Gasteiger partial charge in [0.05, 0.1) is 17.8 Å². The van der Waals surface area contributed by atoms with Gasteiger partial charge in [0, 0.05) is 34.9 Å². The monoisotopic (exact) mass is 475 g/mol. The number of aryl methyl sites for hydroxylation is 2. The highest BCUT2D eigenvalue weighted by atomic mass is 32.1. The van der Waals surface area contributed by atoms with Crippen molar-refractivity contribution >= 4 is 17.2 Å². The van der Waals surface area contributed by atoms with E-state index in [0.29, 0.717) is 6.54 Å². The Morgan fingerprint density at radius 3 is 2.61 bits per heavy atom. The number of methoxy groups -OCH3 is 1. The second kappa shape index (κ2) is 9.51. The average molecular weight is 476 g/mol. The summed E-state index contributed by atoms with van der Waals surface area (Å²) in [4.78, 5) is 19.8. The van der Waals surface area contributed by atoms with Crippen LogP contribution >= 0.6 is 11.3 Å². The molecule has 0 N–H and O–H groups in total. The summed E-state index contributed by atoms with van der Waals surface area (Å²) in [6.45, 7) is 3.68. The zero-order valence-corrected chi connectivity index (χ0v) is 19.9. The maximum absolute atomic E-state index is 13.4. The molecule has 33 heavy (non-hydrogen) atoms. The highest BCUT2D eigenvalue weighted by Crippen LogP contribution is 2.33. The van der Waals surface area contributed by atoms with Crippen LogP contribution < -0.4 is 9.47 Å². The predicted molar refractivity (Wildman–Crippen MR) is 123 cm³/mol. The highest BCUT2D eigenvalue weighted by molar-refractivity contribution is 7.09. The van der Waals surface area contributed by atoms with E-state index in [1.54, 1.807) is 23.5 Å². The molecule has 6 nitrogen and oxygen atoms in total. The zero-order valence-electron chi connectivity index (χ0n) is 19.1. The molecule has 0 radical (unpaired) electrons. The molecule has 2 heterocycles. The number of amides is 1. The van der Waals surface area contributed by atoms with Crippen LogP contribution in [0.2, 0.25) is 0 Å². The summed E-state index contributed by atoms with van der Waals surface area (Å²) in [5.74, 6) is 0.215. The summed E-state index contributed by atoms with van der Waals surface area (Å²) in [5, 5.41) is 3.04. The van der Waals surface area contributed by atoms with Crippen molar-refractivity contribution in [2.45, 2.75) is 59.4 Å². The standard InChI is InChI=1S/C24H27F2N3O3S/c1-14-9-19(20-13-33-16(3)27-20)15(2)28(14)12-23(30)29(18-6-7-18)11-17-5-8-21(32-24(25)26)22(10-17)31-4/h5,8-10,13,18,24H,6-7,11-12H2,1-4H3. The van der Waals surface area contributed by atoms with Crippen LogP contribution in [0.15, 0.2) is 29.6 Å². The van der Waals surface area contributed by atoms with Gasteiger partial charge in [-0.2, -0.15) is 8.78 Å². The number of ether oxygens (including phenoxy) is 2. The number of rotatable bonds is 9. The average Bonchev–Trinajstić information content (AvgIpc) is 3.47. The molecule has 0 aliphatic heterocycles. The number of halogens is 2. The molecule has 2 aromatic heterocycles. The molecule has 0 spiro atoms. The van der Waals surface area contributed by atoms with E-state index in [1.807, 2.05) is 35.6 Å². The van der Waals surface area contributed by atoms with Crippen LogP contribution in [0.3, 0.4) is 0 Å². The van der Waals surface area contributed by atoms with Crippen molar-refractivity contribution in [1.82, 2.24) is 14.5 Å². The zero-order chi connectivity index (χ0) is 23.7. The third-order valence-corrected chi connectivity index (χ3v) is 6.64. The molecular formula is C24H27F2N3O3S. The molecule has 176 valence electrons. The van der Waals surface area contributed by atoms with Crippen LogP contribution in [0.25, 0.3) is 11.3 Å². The summed E-state index contributed by atoms with van der Waals surface area (Å²) in [6, 6.07) is 7.06. The molecular weight excluding hydrogens is 448 g/mol. The lowest BCUT2D eigenvalue weighted by Crippen LogP contribution is -2.35. The normalized spacial score (nSPS) is 13.4. The van der Waals surface area contributed by atoms with E-state index in [1.165, 1.54) is 13.2 Å². The van der Waals surface area contributed by atoms with E-state index in [4.69, 9.17) is 4.74 Å². The lowest BCUT2D eigenvalue weighted by atomic mass is 10.1. The minimum absolute atomic E-state index is 0.0205. The Morgan fingerprint density at radius 1 is 1.24 bits per heavy atom. The molecule has 0 bridgehead atoms. The molecule has 0 atom stereocenters. The molecule has 3 aromatic rings. The van der Waals surface area contributed by atoms with Crippen LogP contribution in [-0.4, -0.2) is 40.1 Å². The Bertz CT molecular complexity index is 1150. The first kappa shape index (κ1) is 23.2. The van der Waals surface area contributed by atoms with Crippen molar-refractivity contribution in [2.24, 2.45) is 0 Å². The highest BCUT2D eigenvalue weighted by Gasteiger charge is 2.33. The summed E-state index contributed by atoms with van der Waals surface area (Å²) in [5.41, 5.74) is 4.79. The number of alkyl halides is 2. The SMILES string of the molecule is COc1cc(CN(C(=O)Cn2c(C)cc(-c3csc(C)n3)c2C)C2CC2)ccc1OC(F)F. The van der Waals surface area contributed by atoms with Gasteiger partial charge in [-0.25, -0.2) is 4.98 Å². The van der Waals surface area contributed by atoms with Gasteiger partial charge in [-0.15, -0.1) is 11.3 Å². The van der Waals surface area contributed by atoms with E-state index in [0.717, 1.165) is 46.1 Å². The van der Waals surface area contributed by atoms with Gasteiger partial charge in [0.1, 0.15) is 6.54 Å². The fourth-order valence-corrected chi connectivity index (χ4v) is 4.64. The van der Waals surface area contributed by atoms with Gasteiger partial charge in [0.2, 0.25) is 5.91 Å². The van der Waals surface area contributed by atoms with Gasteiger partial charge in [0.25, 0.3) is 0 Å². The van der Waals surface area contributed by atoms with E-state index < -0.39 is 6.61 Å². The van der Waals surface area contributed by atoms with Crippen LogP contribution in [0.4, 0.5) is 8.78 Å². The summed E-state index contributed by atoms with van der Waals surface area (Å²) in [7, 11) is 1.40. The Labute approximate surface area is 195 Å². The second-order valence-electron chi connectivity index (χ2n) is 8.24. The number of nitrogens with zero attached hydrogens (tertiary/aromatic N) is 3. The van der Waals surface area contributed by atoms with Crippen LogP contribution in [-0.2, 0) is 17.9 Å². The molecule has 0 unspecified atom stereocenters. The number of carbonyl (C=O) groups is 1. The number of benzene rings is 1. The van der Waals surface area contributed by atoms with E-state index in [-0.39, 0.29) is 30.0 Å². The minimum Gasteiger partial charge on any atom is -0.493 e. The van der Waals surface area contributed by atoms with E-state index in [9.17, 15) is 13.6 Å². The van der Waals surface area contributed by atoms with Gasteiger partial charge < -0.3 is 18.9 Å². The van der Waals surface area contributed by atoms with Crippen molar-refractivity contribution in [1.29, 1.82) is 0 Å². The first-order valence-corrected chi connectivity index (χ1v) is 11.6. The summed E-state index contributed by atoms with van der Waals surface area (Å²) >= 11 is 1.61. The van der Waals surface area contributed by atoms with Gasteiger partial charge in [0.15, 0.2) is 11.5 Å². The number of carbonyl (C=O) groups excluding carboxylic acids is 1. The molecule has 1 saturated carbocycles. The maximum Gasteiger partial charge on any atom is 0.387 e. The number of thiazole rings is 1. The molecule has 1 aromatic carbocycles. The fraction of sp³-hybridized carbons (Fsp3) is 0.417.